The molecule has 0 radical (unpaired) electrons. The van der Waals surface area contributed by atoms with E-state index in [2.05, 4.69) is 13.8 Å². The number of hydrogen-bond acceptors (Lipinski definition) is 3. The third-order valence-corrected chi connectivity index (χ3v) is 6.02. The second-order valence-corrected chi connectivity index (χ2v) is 8.26. The van der Waals surface area contributed by atoms with Gasteiger partial charge < -0.3 is 5.73 Å². The normalized spacial score (nSPS) is 18.3. The lowest BCUT2D eigenvalue weighted by atomic mass is 9.99. The molecule has 118 valence electrons. The highest BCUT2D eigenvalue weighted by molar-refractivity contribution is 7.89. The molecular formula is C16H26N2O2S. The van der Waals surface area contributed by atoms with Gasteiger partial charge in [0.15, 0.2) is 0 Å². The summed E-state index contributed by atoms with van der Waals surface area (Å²) in [4.78, 5) is 0.404. The lowest BCUT2D eigenvalue weighted by molar-refractivity contribution is 0.278. The van der Waals surface area contributed by atoms with Crippen LogP contribution in [0, 0.1) is 11.8 Å². The second kappa shape index (κ2) is 6.90. The van der Waals surface area contributed by atoms with E-state index >= 15 is 0 Å². The van der Waals surface area contributed by atoms with Crippen molar-refractivity contribution in [1.29, 1.82) is 0 Å². The molecule has 0 aliphatic carbocycles. The minimum atomic E-state index is -3.35. The van der Waals surface area contributed by atoms with Gasteiger partial charge in [-0.05, 0) is 55.3 Å². The van der Waals surface area contributed by atoms with Crippen LogP contribution in [-0.4, -0.2) is 32.4 Å². The lowest BCUT2D eigenvalue weighted by Crippen LogP contribution is -2.39. The summed E-state index contributed by atoms with van der Waals surface area (Å²) in [5.41, 5.74) is 6.84. The predicted molar refractivity (Wildman–Crippen MR) is 85.5 cm³/mol. The van der Waals surface area contributed by atoms with Gasteiger partial charge in [-0.1, -0.05) is 26.0 Å². The largest absolute Gasteiger partial charge is 0.330 e. The van der Waals surface area contributed by atoms with Crippen LogP contribution in [0.15, 0.2) is 29.2 Å². The molecule has 1 aromatic carbocycles. The van der Waals surface area contributed by atoms with Gasteiger partial charge in [0.05, 0.1) is 4.90 Å². The van der Waals surface area contributed by atoms with Crippen LogP contribution < -0.4 is 5.73 Å². The number of nitrogens with two attached hydrogens (primary N) is 1. The molecule has 1 aromatic rings. The molecule has 0 spiro atoms. The summed E-state index contributed by atoms with van der Waals surface area (Å²) < 4.78 is 26.8. The molecule has 1 fully saturated rings. The van der Waals surface area contributed by atoms with Gasteiger partial charge >= 0.3 is 0 Å². The maximum atomic E-state index is 12.6. The van der Waals surface area contributed by atoms with Gasteiger partial charge in [-0.2, -0.15) is 4.31 Å². The fourth-order valence-electron chi connectivity index (χ4n) is 2.80. The van der Waals surface area contributed by atoms with Crippen molar-refractivity contribution < 1.29 is 8.42 Å². The second-order valence-electron chi connectivity index (χ2n) is 6.33. The number of rotatable bonds is 5. The van der Waals surface area contributed by atoms with Gasteiger partial charge in [-0.3, -0.25) is 0 Å². The Morgan fingerprint density at radius 1 is 1.19 bits per heavy atom. The highest BCUT2D eigenvalue weighted by Crippen LogP contribution is 2.23. The maximum absolute atomic E-state index is 12.6. The standard InChI is InChI=1S/C16H26N2O2S/c1-13(2)11-14-3-5-16(6-4-14)21(19,20)18-9-7-15(12-17)8-10-18/h3-6,13,15H,7-12,17H2,1-2H3. The van der Waals surface area contributed by atoms with Crippen molar-refractivity contribution >= 4 is 10.0 Å². The Labute approximate surface area is 128 Å². The zero-order valence-corrected chi connectivity index (χ0v) is 13.8. The summed E-state index contributed by atoms with van der Waals surface area (Å²) in [5, 5.41) is 0. The maximum Gasteiger partial charge on any atom is 0.243 e. The van der Waals surface area contributed by atoms with Gasteiger partial charge in [0, 0.05) is 13.1 Å². The molecule has 1 aliphatic rings. The fourth-order valence-corrected chi connectivity index (χ4v) is 4.27. The van der Waals surface area contributed by atoms with Crippen LogP contribution in [0.1, 0.15) is 32.3 Å². The molecular weight excluding hydrogens is 284 g/mol. The first-order valence-corrected chi connectivity index (χ1v) is 9.16. The summed E-state index contributed by atoms with van der Waals surface area (Å²) in [6, 6.07) is 7.34. The molecule has 2 rings (SSSR count). The zero-order valence-electron chi connectivity index (χ0n) is 13.0. The van der Waals surface area contributed by atoms with Crippen molar-refractivity contribution in [3.05, 3.63) is 29.8 Å². The first-order valence-electron chi connectivity index (χ1n) is 7.72. The van der Waals surface area contributed by atoms with Gasteiger partial charge in [-0.15, -0.1) is 0 Å². The van der Waals surface area contributed by atoms with Gasteiger partial charge in [0.1, 0.15) is 0 Å². The van der Waals surface area contributed by atoms with Crippen molar-refractivity contribution in [3.63, 3.8) is 0 Å². The van der Waals surface area contributed by atoms with E-state index in [1.165, 1.54) is 5.56 Å². The number of benzene rings is 1. The lowest BCUT2D eigenvalue weighted by Gasteiger charge is -2.30. The Bertz CT molecular complexity index is 544. The van der Waals surface area contributed by atoms with E-state index in [1.807, 2.05) is 12.1 Å². The van der Waals surface area contributed by atoms with Crippen LogP contribution in [0.5, 0.6) is 0 Å². The van der Waals surface area contributed by atoms with Crippen LogP contribution in [0.2, 0.25) is 0 Å². The Balaban J connectivity index is 2.09. The quantitative estimate of drug-likeness (QED) is 0.907. The van der Waals surface area contributed by atoms with Crippen LogP contribution in [0.4, 0.5) is 0 Å². The number of piperidine rings is 1. The molecule has 1 saturated heterocycles. The average molecular weight is 310 g/mol. The first-order chi connectivity index (χ1) is 9.93. The SMILES string of the molecule is CC(C)Cc1ccc(S(=O)(=O)N2CCC(CN)CC2)cc1. The average Bonchev–Trinajstić information content (AvgIpc) is 2.47. The fraction of sp³-hybridized carbons (Fsp3) is 0.625. The van der Waals surface area contributed by atoms with Gasteiger partial charge in [0.2, 0.25) is 10.0 Å². The molecule has 0 amide bonds. The Morgan fingerprint density at radius 3 is 2.24 bits per heavy atom. The summed E-state index contributed by atoms with van der Waals surface area (Å²) in [5.74, 6) is 1.03. The summed E-state index contributed by atoms with van der Waals surface area (Å²) in [6.07, 6.45) is 2.70. The topological polar surface area (TPSA) is 63.4 Å². The van der Waals surface area contributed by atoms with Crippen molar-refractivity contribution in [2.45, 2.75) is 38.0 Å². The number of sulfonamides is 1. The third kappa shape index (κ3) is 4.05. The minimum Gasteiger partial charge on any atom is -0.330 e. The zero-order chi connectivity index (χ0) is 15.5. The van der Waals surface area contributed by atoms with Crippen LogP contribution >= 0.6 is 0 Å². The monoisotopic (exact) mass is 310 g/mol. The minimum absolute atomic E-state index is 0.404. The molecule has 0 unspecified atom stereocenters. The van der Waals surface area contributed by atoms with E-state index in [9.17, 15) is 8.42 Å². The van der Waals surface area contributed by atoms with E-state index in [4.69, 9.17) is 5.73 Å². The van der Waals surface area contributed by atoms with Crippen molar-refractivity contribution in [2.75, 3.05) is 19.6 Å². The van der Waals surface area contributed by atoms with E-state index in [0.29, 0.717) is 36.4 Å². The Morgan fingerprint density at radius 2 is 1.76 bits per heavy atom. The summed E-state index contributed by atoms with van der Waals surface area (Å²) in [6.45, 7) is 6.13. The molecule has 21 heavy (non-hydrogen) atoms. The van der Waals surface area contributed by atoms with Crippen LogP contribution in [0.25, 0.3) is 0 Å². The molecule has 1 aliphatic heterocycles. The van der Waals surface area contributed by atoms with Gasteiger partial charge in [-0.25, -0.2) is 8.42 Å². The predicted octanol–water partition coefficient (Wildman–Crippen LogP) is 2.24. The van der Waals surface area contributed by atoms with Crippen molar-refractivity contribution in [2.24, 2.45) is 17.6 Å². The third-order valence-electron chi connectivity index (χ3n) is 4.11. The highest BCUT2D eigenvalue weighted by Gasteiger charge is 2.28. The van der Waals surface area contributed by atoms with Crippen LogP contribution in [0.3, 0.4) is 0 Å². The molecule has 0 saturated carbocycles. The smallest absolute Gasteiger partial charge is 0.243 e. The molecule has 4 nitrogen and oxygen atoms in total. The first kappa shape index (κ1) is 16.5. The van der Waals surface area contributed by atoms with E-state index in [1.54, 1.807) is 16.4 Å². The number of nitrogens with zero attached hydrogens (tertiary/aromatic N) is 1. The molecule has 0 bridgehead atoms. The number of hydrogen-bond donors (Lipinski definition) is 1. The van der Waals surface area contributed by atoms with Gasteiger partial charge in [0.25, 0.3) is 0 Å². The van der Waals surface area contributed by atoms with E-state index < -0.39 is 10.0 Å². The van der Waals surface area contributed by atoms with Crippen molar-refractivity contribution in [1.82, 2.24) is 4.31 Å². The van der Waals surface area contributed by atoms with Crippen LogP contribution in [-0.2, 0) is 16.4 Å². The Hall–Kier alpha value is -0.910. The highest BCUT2D eigenvalue weighted by atomic mass is 32.2. The van der Waals surface area contributed by atoms with E-state index in [0.717, 1.165) is 19.3 Å². The molecule has 2 N–H and O–H groups in total. The Kier molecular flexibility index (Phi) is 5.41. The van der Waals surface area contributed by atoms with E-state index in [-0.39, 0.29) is 0 Å². The molecule has 1 heterocycles. The summed E-state index contributed by atoms with van der Waals surface area (Å²) >= 11 is 0. The molecule has 0 atom stereocenters. The summed E-state index contributed by atoms with van der Waals surface area (Å²) in [7, 11) is -3.35. The molecule has 5 heteroatoms. The molecule has 0 aromatic heterocycles. The van der Waals surface area contributed by atoms with Crippen molar-refractivity contribution in [3.8, 4) is 0 Å².